The van der Waals surface area contributed by atoms with Crippen molar-refractivity contribution in [2.24, 2.45) is 0 Å². The smallest absolute Gasteiger partial charge is 0.338 e. The maximum Gasteiger partial charge on any atom is 0.338 e. The number of hydrogen-bond acceptors (Lipinski definition) is 5. The Morgan fingerprint density at radius 2 is 1.87 bits per heavy atom. The third-order valence-electron chi connectivity index (χ3n) is 3.19. The van der Waals surface area contributed by atoms with Gasteiger partial charge in [0, 0.05) is 5.56 Å². The third kappa shape index (κ3) is 3.44. The Morgan fingerprint density at radius 1 is 1.13 bits per heavy atom. The standard InChI is InChI=1S/C18H12N2O3/c19-10-13-6-8-15(9-7-13)18(21)22-12-17-20-11-16(23-17)14-4-2-1-3-5-14/h1-9,11H,12H2. The number of esters is 1. The van der Waals surface area contributed by atoms with E-state index in [1.54, 1.807) is 30.5 Å². The molecule has 0 saturated heterocycles. The van der Waals surface area contributed by atoms with E-state index in [0.29, 0.717) is 22.8 Å². The van der Waals surface area contributed by atoms with E-state index in [-0.39, 0.29) is 6.61 Å². The molecule has 0 fully saturated rings. The molecule has 23 heavy (non-hydrogen) atoms. The number of carbonyl (C=O) groups excluding carboxylic acids is 1. The van der Waals surface area contributed by atoms with Crippen LogP contribution in [-0.4, -0.2) is 11.0 Å². The lowest BCUT2D eigenvalue weighted by molar-refractivity contribution is 0.0439. The highest BCUT2D eigenvalue weighted by Crippen LogP contribution is 2.20. The fourth-order valence-corrected chi connectivity index (χ4v) is 2.00. The summed E-state index contributed by atoms with van der Waals surface area (Å²) in [6.45, 7) is -0.0499. The zero-order valence-corrected chi connectivity index (χ0v) is 12.1. The minimum Gasteiger partial charge on any atom is -0.452 e. The Bertz CT molecular complexity index is 846. The van der Waals surface area contributed by atoms with Crippen LogP contribution in [-0.2, 0) is 11.3 Å². The monoisotopic (exact) mass is 304 g/mol. The molecule has 0 aliphatic rings. The second kappa shape index (κ2) is 6.58. The number of hydrogen-bond donors (Lipinski definition) is 0. The zero-order chi connectivity index (χ0) is 16.1. The van der Waals surface area contributed by atoms with Crippen LogP contribution in [0.3, 0.4) is 0 Å². The van der Waals surface area contributed by atoms with Crippen LogP contribution in [0.15, 0.2) is 65.2 Å². The molecule has 0 aliphatic carbocycles. The molecular formula is C18H12N2O3. The van der Waals surface area contributed by atoms with Gasteiger partial charge in [-0.2, -0.15) is 5.26 Å². The summed E-state index contributed by atoms with van der Waals surface area (Å²) in [7, 11) is 0. The Kier molecular flexibility index (Phi) is 4.16. The van der Waals surface area contributed by atoms with Gasteiger partial charge in [0.25, 0.3) is 0 Å². The molecule has 0 N–H and O–H groups in total. The normalized spacial score (nSPS) is 10.0. The quantitative estimate of drug-likeness (QED) is 0.689. The second-order valence-corrected chi connectivity index (χ2v) is 4.75. The molecule has 1 heterocycles. The highest BCUT2D eigenvalue weighted by molar-refractivity contribution is 5.89. The van der Waals surface area contributed by atoms with Crippen molar-refractivity contribution in [2.45, 2.75) is 6.61 Å². The molecule has 2 aromatic carbocycles. The maximum absolute atomic E-state index is 11.9. The van der Waals surface area contributed by atoms with Gasteiger partial charge in [0.15, 0.2) is 12.4 Å². The first-order chi connectivity index (χ1) is 11.3. The highest BCUT2D eigenvalue weighted by atomic mass is 16.5. The van der Waals surface area contributed by atoms with Crippen LogP contribution in [0.4, 0.5) is 0 Å². The molecular weight excluding hydrogens is 292 g/mol. The summed E-state index contributed by atoms with van der Waals surface area (Å²) in [6.07, 6.45) is 1.60. The van der Waals surface area contributed by atoms with E-state index in [0.717, 1.165) is 5.56 Å². The molecule has 0 atom stereocenters. The number of ether oxygens (including phenoxy) is 1. The summed E-state index contributed by atoms with van der Waals surface area (Å²) in [4.78, 5) is 16.0. The summed E-state index contributed by atoms with van der Waals surface area (Å²) in [5, 5.41) is 8.73. The SMILES string of the molecule is N#Cc1ccc(C(=O)OCc2ncc(-c3ccccc3)o2)cc1. The van der Waals surface area contributed by atoms with Gasteiger partial charge in [0.2, 0.25) is 5.89 Å². The van der Waals surface area contributed by atoms with Crippen molar-refractivity contribution >= 4 is 5.97 Å². The molecule has 0 spiro atoms. The largest absolute Gasteiger partial charge is 0.452 e. The van der Waals surface area contributed by atoms with Gasteiger partial charge in [0.05, 0.1) is 23.4 Å². The summed E-state index contributed by atoms with van der Waals surface area (Å²) >= 11 is 0. The van der Waals surface area contributed by atoms with Crippen LogP contribution in [0.25, 0.3) is 11.3 Å². The van der Waals surface area contributed by atoms with Gasteiger partial charge in [-0.25, -0.2) is 9.78 Å². The Hall–Kier alpha value is -3.39. The van der Waals surface area contributed by atoms with Crippen LogP contribution >= 0.6 is 0 Å². The van der Waals surface area contributed by atoms with E-state index in [2.05, 4.69) is 4.98 Å². The molecule has 1 aromatic heterocycles. The van der Waals surface area contributed by atoms with Gasteiger partial charge in [0.1, 0.15) is 0 Å². The Morgan fingerprint density at radius 3 is 2.57 bits per heavy atom. The van der Waals surface area contributed by atoms with Crippen molar-refractivity contribution in [1.82, 2.24) is 4.98 Å². The Labute approximate surface area is 132 Å². The van der Waals surface area contributed by atoms with E-state index < -0.39 is 5.97 Å². The third-order valence-corrected chi connectivity index (χ3v) is 3.19. The Balaban J connectivity index is 1.63. The summed E-state index contributed by atoms with van der Waals surface area (Å²) in [6, 6.07) is 17.8. The lowest BCUT2D eigenvalue weighted by Crippen LogP contribution is -2.05. The van der Waals surface area contributed by atoms with Crippen molar-refractivity contribution in [2.75, 3.05) is 0 Å². The van der Waals surface area contributed by atoms with Crippen molar-refractivity contribution in [1.29, 1.82) is 5.26 Å². The van der Waals surface area contributed by atoms with Gasteiger partial charge >= 0.3 is 5.97 Å². The maximum atomic E-state index is 11.9. The number of rotatable bonds is 4. The number of nitrogens with zero attached hydrogens (tertiary/aromatic N) is 2. The fourth-order valence-electron chi connectivity index (χ4n) is 2.00. The molecule has 0 amide bonds. The van der Waals surface area contributed by atoms with E-state index in [1.165, 1.54) is 0 Å². The number of carbonyl (C=O) groups is 1. The second-order valence-electron chi connectivity index (χ2n) is 4.75. The topological polar surface area (TPSA) is 76.1 Å². The van der Waals surface area contributed by atoms with Crippen LogP contribution in [0.5, 0.6) is 0 Å². The number of benzene rings is 2. The minimum atomic E-state index is -0.492. The minimum absolute atomic E-state index is 0.0499. The first-order valence-electron chi connectivity index (χ1n) is 6.93. The molecule has 5 nitrogen and oxygen atoms in total. The van der Waals surface area contributed by atoms with Gasteiger partial charge in [-0.3, -0.25) is 0 Å². The van der Waals surface area contributed by atoms with E-state index in [9.17, 15) is 4.79 Å². The number of oxazole rings is 1. The first kappa shape index (κ1) is 14.5. The van der Waals surface area contributed by atoms with Crippen LogP contribution in [0, 0.1) is 11.3 Å². The molecule has 0 saturated carbocycles. The van der Waals surface area contributed by atoms with Crippen LogP contribution in [0.1, 0.15) is 21.8 Å². The summed E-state index contributed by atoms with van der Waals surface area (Å²) in [5.41, 5.74) is 1.77. The number of aromatic nitrogens is 1. The van der Waals surface area contributed by atoms with Gasteiger partial charge in [-0.1, -0.05) is 30.3 Å². The lowest BCUT2D eigenvalue weighted by Gasteiger charge is -2.02. The van der Waals surface area contributed by atoms with E-state index >= 15 is 0 Å². The van der Waals surface area contributed by atoms with Gasteiger partial charge in [-0.05, 0) is 24.3 Å². The van der Waals surface area contributed by atoms with Gasteiger partial charge < -0.3 is 9.15 Å². The van der Waals surface area contributed by atoms with Crippen LogP contribution < -0.4 is 0 Å². The highest BCUT2D eigenvalue weighted by Gasteiger charge is 2.11. The van der Waals surface area contributed by atoms with Crippen molar-refractivity contribution in [3.8, 4) is 17.4 Å². The van der Waals surface area contributed by atoms with E-state index in [1.807, 2.05) is 36.4 Å². The molecule has 3 aromatic rings. The van der Waals surface area contributed by atoms with Crippen molar-refractivity contribution in [3.63, 3.8) is 0 Å². The fraction of sp³-hybridized carbons (Fsp3) is 0.0556. The van der Waals surface area contributed by atoms with Crippen LogP contribution in [0.2, 0.25) is 0 Å². The van der Waals surface area contributed by atoms with Gasteiger partial charge in [-0.15, -0.1) is 0 Å². The van der Waals surface area contributed by atoms with Crippen molar-refractivity contribution in [3.05, 3.63) is 77.8 Å². The zero-order valence-electron chi connectivity index (χ0n) is 12.1. The number of nitriles is 1. The van der Waals surface area contributed by atoms with Crippen molar-refractivity contribution < 1.29 is 13.9 Å². The average molecular weight is 304 g/mol. The molecule has 3 rings (SSSR count). The summed E-state index contributed by atoms with van der Waals surface area (Å²) in [5.74, 6) is 0.454. The molecule has 0 radical (unpaired) electrons. The predicted molar refractivity (Wildman–Crippen MR) is 82.2 cm³/mol. The van der Waals surface area contributed by atoms with E-state index in [4.69, 9.17) is 14.4 Å². The molecule has 0 bridgehead atoms. The first-order valence-corrected chi connectivity index (χ1v) is 6.93. The average Bonchev–Trinajstić information content (AvgIpc) is 3.09. The summed E-state index contributed by atoms with van der Waals surface area (Å²) < 4.78 is 10.7. The molecule has 0 unspecified atom stereocenters. The molecule has 5 heteroatoms. The predicted octanol–water partition coefficient (Wildman–Crippen LogP) is 3.57. The molecule has 112 valence electrons. The molecule has 0 aliphatic heterocycles. The lowest BCUT2D eigenvalue weighted by atomic mass is 10.1.